The lowest BCUT2D eigenvalue weighted by Gasteiger charge is -2.23. The zero-order valence-corrected chi connectivity index (χ0v) is 10.8. The lowest BCUT2D eigenvalue weighted by molar-refractivity contribution is -0.136. The number of carbonyl (C=O) groups is 2. The molecule has 0 aromatic heterocycles. The predicted octanol–water partition coefficient (Wildman–Crippen LogP) is 0.841. The van der Waals surface area contributed by atoms with E-state index < -0.39 is 0 Å². The Balaban J connectivity index is 2.02. The molecule has 1 aliphatic rings. The lowest BCUT2D eigenvalue weighted by Crippen LogP contribution is -2.41. The fourth-order valence-electron chi connectivity index (χ4n) is 2.51. The summed E-state index contributed by atoms with van der Waals surface area (Å²) in [4.78, 5) is 25.8. The summed E-state index contributed by atoms with van der Waals surface area (Å²) in [5, 5.41) is 0. The largest absolute Gasteiger partial charge is 0.332 e. The van der Waals surface area contributed by atoms with Crippen molar-refractivity contribution in [1.29, 1.82) is 0 Å². The van der Waals surface area contributed by atoms with Crippen molar-refractivity contribution in [3.05, 3.63) is 35.9 Å². The van der Waals surface area contributed by atoms with Crippen molar-refractivity contribution in [2.45, 2.75) is 31.6 Å². The van der Waals surface area contributed by atoms with E-state index in [1.54, 1.807) is 4.90 Å². The minimum atomic E-state index is -0.175. The third-order valence-electron chi connectivity index (χ3n) is 3.49. The topological polar surface area (TPSA) is 37.4 Å². The van der Waals surface area contributed by atoms with Gasteiger partial charge < -0.3 is 4.90 Å². The number of Topliss-reactive ketones (excluding diaryl/α,β-unsaturated/α-hetero) is 1. The van der Waals surface area contributed by atoms with Gasteiger partial charge in [-0.05, 0) is 24.7 Å². The molecule has 1 aliphatic heterocycles. The number of hydrogen-bond donors (Lipinski definition) is 0. The molecule has 4 heteroatoms. The van der Waals surface area contributed by atoms with Crippen molar-refractivity contribution in [3.8, 4) is 0 Å². The first-order valence-corrected chi connectivity index (χ1v) is 6.58. The van der Waals surface area contributed by atoms with Crippen LogP contribution in [0.5, 0.6) is 0 Å². The standard InChI is InChI=1S/C14H18BNO2/c15-10-13(17)12-7-4-8-16(12)14(18)9-11-5-2-1-3-6-11/h1-3,5-6,12H,4,7-10,15H2/t12-/m0/s1. The van der Waals surface area contributed by atoms with E-state index in [1.165, 1.54) is 0 Å². The second-order valence-electron chi connectivity index (χ2n) is 4.73. The highest BCUT2D eigenvalue weighted by Gasteiger charge is 2.32. The quantitative estimate of drug-likeness (QED) is 0.735. The van der Waals surface area contributed by atoms with Crippen LogP contribution in [0, 0.1) is 0 Å². The molecule has 0 saturated carbocycles. The van der Waals surface area contributed by atoms with Crippen LogP contribution in [0.4, 0.5) is 0 Å². The molecular formula is C14H18BNO2. The Morgan fingerprint density at radius 2 is 2.00 bits per heavy atom. The number of hydrogen-bond acceptors (Lipinski definition) is 2. The summed E-state index contributed by atoms with van der Waals surface area (Å²) in [6.07, 6.45) is 2.68. The van der Waals surface area contributed by atoms with Gasteiger partial charge in [-0.2, -0.15) is 0 Å². The first-order valence-electron chi connectivity index (χ1n) is 6.58. The van der Waals surface area contributed by atoms with E-state index in [9.17, 15) is 9.59 Å². The number of amides is 1. The molecule has 0 aliphatic carbocycles. The van der Waals surface area contributed by atoms with Gasteiger partial charge >= 0.3 is 0 Å². The van der Waals surface area contributed by atoms with Crippen molar-refractivity contribution < 1.29 is 9.59 Å². The molecule has 94 valence electrons. The average Bonchev–Trinajstić information content (AvgIpc) is 2.88. The van der Waals surface area contributed by atoms with E-state index in [1.807, 2.05) is 38.2 Å². The fourth-order valence-corrected chi connectivity index (χ4v) is 2.51. The molecule has 1 atom stereocenters. The number of nitrogens with zero attached hydrogens (tertiary/aromatic N) is 1. The maximum Gasteiger partial charge on any atom is 0.227 e. The summed E-state index contributed by atoms with van der Waals surface area (Å²) < 4.78 is 0. The molecule has 2 rings (SSSR count). The predicted molar refractivity (Wildman–Crippen MR) is 73.2 cm³/mol. The van der Waals surface area contributed by atoms with Crippen molar-refractivity contribution in [1.82, 2.24) is 4.90 Å². The van der Waals surface area contributed by atoms with Crippen LogP contribution in [0.3, 0.4) is 0 Å². The average molecular weight is 243 g/mol. The summed E-state index contributed by atoms with van der Waals surface area (Å²) >= 11 is 0. The zero-order chi connectivity index (χ0) is 13.0. The third kappa shape index (κ3) is 2.81. The second kappa shape index (κ2) is 5.85. The first-order chi connectivity index (χ1) is 8.72. The Morgan fingerprint density at radius 3 is 2.67 bits per heavy atom. The Hall–Kier alpha value is -1.58. The van der Waals surface area contributed by atoms with Crippen molar-refractivity contribution in [2.24, 2.45) is 0 Å². The maximum atomic E-state index is 12.2. The Kier molecular flexibility index (Phi) is 4.18. The molecule has 1 aromatic carbocycles. The summed E-state index contributed by atoms with van der Waals surface area (Å²) in [7, 11) is 1.86. The van der Waals surface area contributed by atoms with Gasteiger partial charge in [0.1, 0.15) is 13.6 Å². The highest BCUT2D eigenvalue weighted by Crippen LogP contribution is 2.20. The molecule has 1 aromatic rings. The van der Waals surface area contributed by atoms with E-state index in [2.05, 4.69) is 0 Å². The van der Waals surface area contributed by atoms with Gasteiger partial charge in [0.2, 0.25) is 5.91 Å². The summed E-state index contributed by atoms with van der Waals surface area (Å²) in [6.45, 7) is 0.724. The molecule has 1 fully saturated rings. The molecule has 0 bridgehead atoms. The van der Waals surface area contributed by atoms with E-state index in [0.717, 1.165) is 24.9 Å². The molecule has 3 nitrogen and oxygen atoms in total. The molecular weight excluding hydrogens is 225 g/mol. The summed E-state index contributed by atoms with van der Waals surface area (Å²) in [6, 6.07) is 9.52. The second-order valence-corrected chi connectivity index (χ2v) is 4.73. The lowest BCUT2D eigenvalue weighted by atomic mass is 9.95. The minimum Gasteiger partial charge on any atom is -0.332 e. The van der Waals surface area contributed by atoms with Crippen LogP contribution in [0.1, 0.15) is 18.4 Å². The maximum absolute atomic E-state index is 12.2. The molecule has 0 radical (unpaired) electrons. The van der Waals surface area contributed by atoms with Gasteiger partial charge in [0.05, 0.1) is 12.5 Å². The number of carbonyl (C=O) groups excluding carboxylic acids is 2. The SMILES string of the molecule is BCC(=O)[C@@H]1CCCN1C(=O)Cc1ccccc1. The van der Waals surface area contributed by atoms with Crippen LogP contribution in [0.15, 0.2) is 30.3 Å². The minimum absolute atomic E-state index is 0.0745. The van der Waals surface area contributed by atoms with Crippen LogP contribution in [-0.2, 0) is 16.0 Å². The molecule has 1 saturated heterocycles. The number of rotatable bonds is 4. The van der Waals surface area contributed by atoms with Crippen molar-refractivity contribution >= 4 is 19.5 Å². The van der Waals surface area contributed by atoms with E-state index in [4.69, 9.17) is 0 Å². The fraction of sp³-hybridized carbons (Fsp3) is 0.429. The van der Waals surface area contributed by atoms with E-state index in [0.29, 0.717) is 12.7 Å². The molecule has 0 N–H and O–H groups in total. The van der Waals surface area contributed by atoms with Gasteiger partial charge in [-0.3, -0.25) is 9.59 Å². The number of ketones is 1. The number of benzene rings is 1. The van der Waals surface area contributed by atoms with Crippen LogP contribution in [0.2, 0.25) is 6.32 Å². The summed E-state index contributed by atoms with van der Waals surface area (Å²) in [5.74, 6) is 0.263. The van der Waals surface area contributed by atoms with Gasteiger partial charge in [-0.25, -0.2) is 0 Å². The Bertz CT molecular complexity index is 433. The van der Waals surface area contributed by atoms with Gasteiger partial charge in [0, 0.05) is 6.54 Å². The van der Waals surface area contributed by atoms with Crippen molar-refractivity contribution in [3.63, 3.8) is 0 Å². The van der Waals surface area contributed by atoms with Crippen molar-refractivity contribution in [2.75, 3.05) is 6.54 Å². The molecule has 0 spiro atoms. The molecule has 0 unspecified atom stereocenters. The normalized spacial score (nSPS) is 18.9. The first kappa shape index (κ1) is 12.9. The number of likely N-dealkylation sites (tertiary alicyclic amines) is 1. The van der Waals surface area contributed by atoms with Gasteiger partial charge in [0.15, 0.2) is 0 Å². The van der Waals surface area contributed by atoms with Crippen LogP contribution >= 0.6 is 0 Å². The third-order valence-corrected chi connectivity index (χ3v) is 3.49. The summed E-state index contributed by atoms with van der Waals surface area (Å²) in [5.41, 5.74) is 1.01. The zero-order valence-electron chi connectivity index (χ0n) is 10.8. The molecule has 1 heterocycles. The molecule has 1 amide bonds. The Morgan fingerprint density at radius 1 is 1.28 bits per heavy atom. The Labute approximate surface area is 109 Å². The van der Waals surface area contributed by atoms with Crippen LogP contribution in [0.25, 0.3) is 0 Å². The van der Waals surface area contributed by atoms with Crippen LogP contribution in [-0.4, -0.2) is 37.0 Å². The monoisotopic (exact) mass is 243 g/mol. The van der Waals surface area contributed by atoms with E-state index in [-0.39, 0.29) is 17.7 Å². The highest BCUT2D eigenvalue weighted by molar-refractivity contribution is 6.21. The van der Waals surface area contributed by atoms with Gasteiger partial charge in [0.25, 0.3) is 0 Å². The smallest absolute Gasteiger partial charge is 0.227 e. The van der Waals surface area contributed by atoms with Gasteiger partial charge in [-0.1, -0.05) is 30.3 Å². The van der Waals surface area contributed by atoms with E-state index >= 15 is 0 Å². The van der Waals surface area contributed by atoms with Crippen LogP contribution < -0.4 is 0 Å². The van der Waals surface area contributed by atoms with Gasteiger partial charge in [-0.15, -0.1) is 0 Å². The highest BCUT2D eigenvalue weighted by atomic mass is 16.2. The molecule has 18 heavy (non-hydrogen) atoms.